The van der Waals surface area contributed by atoms with Crippen molar-refractivity contribution < 1.29 is 17.6 Å². The SMILES string of the molecule is [C-]#[N+]/C(C#N)=C1\c2ccccc2-c2nc3cc(-c4ccc(F)c(C(F)(F)F)c4)ccc3nc21. The highest BCUT2D eigenvalue weighted by Crippen LogP contribution is 2.44. The zero-order valence-electron chi connectivity index (χ0n) is 16.6. The largest absolute Gasteiger partial charge is 0.419 e. The number of alkyl halides is 3. The fourth-order valence-corrected chi connectivity index (χ4v) is 3.93. The van der Waals surface area contributed by atoms with Crippen molar-refractivity contribution in [3.05, 3.63) is 100 Å². The van der Waals surface area contributed by atoms with Gasteiger partial charge in [-0.25, -0.2) is 24.5 Å². The standard InChI is InChI=1S/C25H10F4N4/c1-31-21(12-30)22-15-4-2-3-5-16(15)23-24(22)32-19-9-7-14(11-20(19)33-23)13-6-8-18(26)17(10-13)25(27,28)29/h2-11H/b22-21+. The van der Waals surface area contributed by atoms with Gasteiger partial charge in [0.05, 0.1) is 40.6 Å². The van der Waals surface area contributed by atoms with Crippen LogP contribution in [0.25, 0.3) is 43.8 Å². The third-order valence-electron chi connectivity index (χ3n) is 5.41. The Hall–Kier alpha value is -4.56. The highest BCUT2D eigenvalue weighted by atomic mass is 19.4. The molecule has 4 nitrogen and oxygen atoms in total. The molecule has 0 bridgehead atoms. The van der Waals surface area contributed by atoms with E-state index in [1.54, 1.807) is 42.5 Å². The predicted molar refractivity (Wildman–Crippen MR) is 114 cm³/mol. The van der Waals surface area contributed by atoms with Crippen LogP contribution in [0.3, 0.4) is 0 Å². The average molecular weight is 442 g/mol. The first-order valence-corrected chi connectivity index (χ1v) is 9.62. The molecule has 0 spiro atoms. The lowest BCUT2D eigenvalue weighted by Crippen LogP contribution is -2.08. The van der Waals surface area contributed by atoms with Gasteiger partial charge in [0.15, 0.2) is 0 Å². The molecule has 0 unspecified atom stereocenters. The number of fused-ring (bicyclic) bond motifs is 4. The predicted octanol–water partition coefficient (Wildman–Crippen LogP) is 6.64. The molecular weight excluding hydrogens is 432 g/mol. The molecule has 158 valence electrons. The van der Waals surface area contributed by atoms with E-state index in [1.807, 2.05) is 6.07 Å². The molecule has 0 saturated heterocycles. The number of halogens is 4. The van der Waals surface area contributed by atoms with Crippen LogP contribution in [0.15, 0.2) is 66.4 Å². The molecule has 0 radical (unpaired) electrons. The van der Waals surface area contributed by atoms with Gasteiger partial charge in [0, 0.05) is 11.1 Å². The van der Waals surface area contributed by atoms with E-state index in [9.17, 15) is 22.8 Å². The lowest BCUT2D eigenvalue weighted by molar-refractivity contribution is -0.139. The monoisotopic (exact) mass is 442 g/mol. The van der Waals surface area contributed by atoms with Gasteiger partial charge in [-0.15, -0.1) is 0 Å². The molecule has 4 aromatic rings. The molecule has 0 N–H and O–H groups in total. The number of hydrogen-bond donors (Lipinski definition) is 0. The number of nitriles is 1. The van der Waals surface area contributed by atoms with Crippen molar-refractivity contribution in [3.63, 3.8) is 0 Å². The number of benzene rings is 3. The Kier molecular flexibility index (Phi) is 4.47. The Morgan fingerprint density at radius 1 is 0.879 bits per heavy atom. The van der Waals surface area contributed by atoms with Crippen LogP contribution in [0.2, 0.25) is 0 Å². The Morgan fingerprint density at radius 3 is 2.24 bits per heavy atom. The first-order valence-electron chi connectivity index (χ1n) is 9.62. The van der Waals surface area contributed by atoms with Crippen molar-refractivity contribution in [2.75, 3.05) is 0 Å². The highest BCUT2D eigenvalue weighted by molar-refractivity contribution is 6.02. The molecule has 8 heteroatoms. The summed E-state index contributed by atoms with van der Waals surface area (Å²) in [5.41, 5.74) is 2.71. The van der Waals surface area contributed by atoms with E-state index in [0.717, 1.165) is 12.1 Å². The first-order chi connectivity index (χ1) is 15.8. The zero-order valence-corrected chi connectivity index (χ0v) is 16.6. The Bertz CT molecular complexity index is 1570. The van der Waals surface area contributed by atoms with Crippen molar-refractivity contribution >= 4 is 16.6 Å². The highest BCUT2D eigenvalue weighted by Gasteiger charge is 2.34. The summed E-state index contributed by atoms with van der Waals surface area (Å²) in [6, 6.07) is 16.7. The Balaban J connectivity index is 1.73. The molecule has 0 fully saturated rings. The minimum absolute atomic E-state index is 0.0996. The molecule has 1 heterocycles. The van der Waals surface area contributed by atoms with Gasteiger partial charge in [-0.05, 0) is 41.0 Å². The van der Waals surface area contributed by atoms with Gasteiger partial charge in [-0.2, -0.15) is 13.2 Å². The van der Waals surface area contributed by atoms with Crippen LogP contribution >= 0.6 is 0 Å². The molecular formula is C25H10F4N4. The van der Waals surface area contributed by atoms with E-state index in [2.05, 4.69) is 14.8 Å². The molecule has 0 saturated carbocycles. The number of hydrogen-bond acceptors (Lipinski definition) is 3. The van der Waals surface area contributed by atoms with Gasteiger partial charge < -0.3 is 0 Å². The van der Waals surface area contributed by atoms with Gasteiger partial charge in [-0.3, -0.25) is 0 Å². The lowest BCUT2D eigenvalue weighted by Gasteiger charge is -2.11. The van der Waals surface area contributed by atoms with Crippen LogP contribution < -0.4 is 0 Å². The first kappa shape index (κ1) is 20.3. The molecule has 3 aromatic carbocycles. The normalized spacial score (nSPS) is 13.8. The van der Waals surface area contributed by atoms with Crippen LogP contribution in [0.4, 0.5) is 17.6 Å². The second-order valence-electron chi connectivity index (χ2n) is 7.31. The van der Waals surface area contributed by atoms with E-state index in [0.29, 0.717) is 44.7 Å². The van der Waals surface area contributed by atoms with Gasteiger partial charge in [0.1, 0.15) is 5.82 Å². The Morgan fingerprint density at radius 2 is 1.55 bits per heavy atom. The van der Waals surface area contributed by atoms with Crippen molar-refractivity contribution in [1.82, 2.24) is 9.97 Å². The van der Waals surface area contributed by atoms with Gasteiger partial charge in [-0.1, -0.05) is 36.4 Å². The second-order valence-corrected chi connectivity index (χ2v) is 7.31. The van der Waals surface area contributed by atoms with Crippen molar-refractivity contribution in [2.24, 2.45) is 0 Å². The molecule has 1 aliphatic carbocycles. The summed E-state index contributed by atoms with van der Waals surface area (Å²) >= 11 is 0. The third kappa shape index (κ3) is 3.20. The maximum atomic E-state index is 13.7. The number of nitrogens with zero attached hydrogens (tertiary/aromatic N) is 4. The molecule has 33 heavy (non-hydrogen) atoms. The maximum Gasteiger partial charge on any atom is 0.419 e. The minimum atomic E-state index is -4.81. The summed E-state index contributed by atoms with van der Waals surface area (Å²) in [5, 5.41) is 9.44. The number of aromatic nitrogens is 2. The van der Waals surface area contributed by atoms with E-state index < -0.39 is 17.6 Å². The zero-order chi connectivity index (χ0) is 23.3. The molecule has 0 atom stereocenters. The van der Waals surface area contributed by atoms with E-state index in [4.69, 9.17) is 6.57 Å². The fourth-order valence-electron chi connectivity index (χ4n) is 3.93. The van der Waals surface area contributed by atoms with E-state index >= 15 is 0 Å². The van der Waals surface area contributed by atoms with Crippen LogP contribution in [0, 0.1) is 23.7 Å². The van der Waals surface area contributed by atoms with Gasteiger partial charge in [0.25, 0.3) is 5.70 Å². The summed E-state index contributed by atoms with van der Waals surface area (Å²) in [5.74, 6) is -1.34. The smallest absolute Gasteiger partial charge is 0.245 e. The fraction of sp³-hybridized carbons (Fsp3) is 0.0400. The molecule has 0 aliphatic heterocycles. The molecule has 5 rings (SSSR count). The molecule has 1 aliphatic rings. The molecule has 0 amide bonds. The van der Waals surface area contributed by atoms with Crippen molar-refractivity contribution in [2.45, 2.75) is 6.18 Å². The summed E-state index contributed by atoms with van der Waals surface area (Å²) < 4.78 is 53.1. The third-order valence-corrected chi connectivity index (χ3v) is 5.41. The quantitative estimate of drug-likeness (QED) is 0.166. The summed E-state index contributed by atoms with van der Waals surface area (Å²) in [6.07, 6.45) is -4.81. The summed E-state index contributed by atoms with van der Waals surface area (Å²) in [4.78, 5) is 12.6. The van der Waals surface area contributed by atoms with Crippen LogP contribution in [-0.4, -0.2) is 9.97 Å². The number of allylic oxidation sites excluding steroid dienone is 1. The van der Waals surface area contributed by atoms with Crippen LogP contribution in [-0.2, 0) is 6.18 Å². The second kappa shape index (κ2) is 7.25. The lowest BCUT2D eigenvalue weighted by atomic mass is 10.0. The van der Waals surface area contributed by atoms with Gasteiger partial charge >= 0.3 is 6.18 Å². The Labute approximate surface area is 184 Å². The van der Waals surface area contributed by atoms with Crippen LogP contribution in [0.5, 0.6) is 0 Å². The van der Waals surface area contributed by atoms with E-state index in [1.165, 1.54) is 6.07 Å². The maximum absolute atomic E-state index is 13.7. The van der Waals surface area contributed by atoms with Crippen molar-refractivity contribution in [3.8, 4) is 28.5 Å². The molecule has 1 aromatic heterocycles. The van der Waals surface area contributed by atoms with Crippen LogP contribution in [0.1, 0.15) is 16.8 Å². The minimum Gasteiger partial charge on any atom is -0.245 e. The topological polar surface area (TPSA) is 53.9 Å². The average Bonchev–Trinajstić information content (AvgIpc) is 3.11. The van der Waals surface area contributed by atoms with Gasteiger partial charge in [0.2, 0.25) is 0 Å². The summed E-state index contributed by atoms with van der Waals surface area (Å²) in [7, 11) is 0. The van der Waals surface area contributed by atoms with E-state index in [-0.39, 0.29) is 11.3 Å². The van der Waals surface area contributed by atoms with Crippen molar-refractivity contribution in [1.29, 1.82) is 5.26 Å². The number of rotatable bonds is 1. The summed E-state index contributed by atoms with van der Waals surface area (Å²) in [6.45, 7) is 7.36.